The van der Waals surface area contributed by atoms with Crippen LogP contribution >= 0.6 is 11.6 Å². The van der Waals surface area contributed by atoms with Gasteiger partial charge < -0.3 is 14.6 Å². The summed E-state index contributed by atoms with van der Waals surface area (Å²) in [6, 6.07) is 21.3. The lowest BCUT2D eigenvalue weighted by atomic mass is 9.93. The van der Waals surface area contributed by atoms with E-state index < -0.39 is 0 Å². The molecular weight excluding hydrogens is 472 g/mol. The van der Waals surface area contributed by atoms with E-state index in [2.05, 4.69) is 42.5 Å². The summed E-state index contributed by atoms with van der Waals surface area (Å²) < 4.78 is 11.2. The van der Waals surface area contributed by atoms with Gasteiger partial charge in [-0.2, -0.15) is 0 Å². The second-order valence-corrected chi connectivity index (χ2v) is 9.48. The molecule has 0 saturated heterocycles. The normalized spacial score (nSPS) is 11.8. The van der Waals surface area contributed by atoms with Crippen molar-refractivity contribution in [1.82, 2.24) is 10.5 Å². The Hall–Kier alpha value is -3.57. The van der Waals surface area contributed by atoms with Gasteiger partial charge in [0.1, 0.15) is 18.1 Å². The van der Waals surface area contributed by atoms with E-state index in [1.807, 2.05) is 62.4 Å². The van der Waals surface area contributed by atoms with Crippen LogP contribution in [0.1, 0.15) is 57.8 Å². The molecule has 0 radical (unpaired) electrons. The van der Waals surface area contributed by atoms with Crippen molar-refractivity contribution in [3.8, 4) is 5.75 Å². The van der Waals surface area contributed by atoms with E-state index in [4.69, 9.17) is 20.9 Å². The van der Waals surface area contributed by atoms with Gasteiger partial charge in [-0.05, 0) is 73.7 Å². The van der Waals surface area contributed by atoms with Crippen LogP contribution in [0, 0.1) is 20.8 Å². The predicted octanol–water partition coefficient (Wildman–Crippen LogP) is 6.84. The minimum absolute atomic E-state index is 0.0590. The second kappa shape index (κ2) is 11.4. The van der Waals surface area contributed by atoms with Crippen molar-refractivity contribution in [1.29, 1.82) is 0 Å². The molecule has 4 aromatic rings. The first-order valence-corrected chi connectivity index (χ1v) is 12.5. The number of nitrogens with zero attached hydrogens (tertiary/aromatic N) is 1. The third-order valence-electron chi connectivity index (χ3n) is 6.32. The molecule has 3 aromatic carbocycles. The van der Waals surface area contributed by atoms with E-state index in [0.717, 1.165) is 51.4 Å². The average Bonchev–Trinajstić information content (AvgIpc) is 3.22. The van der Waals surface area contributed by atoms with E-state index in [1.165, 1.54) is 5.56 Å². The molecule has 186 valence electrons. The summed E-state index contributed by atoms with van der Waals surface area (Å²) in [5.41, 5.74) is 7.18. The van der Waals surface area contributed by atoms with Gasteiger partial charge in [-0.1, -0.05) is 71.7 Å². The number of carbonyl (C=O) groups excluding carboxylic acids is 1. The molecule has 0 bridgehead atoms. The zero-order valence-electron chi connectivity index (χ0n) is 21.1. The smallest absolute Gasteiger partial charge is 0.225 e. The third kappa shape index (κ3) is 6.16. The molecule has 0 saturated carbocycles. The number of benzene rings is 3. The molecule has 0 aliphatic carbocycles. The van der Waals surface area contributed by atoms with Gasteiger partial charge in [-0.15, -0.1) is 0 Å². The van der Waals surface area contributed by atoms with Gasteiger partial charge in [0.2, 0.25) is 5.91 Å². The summed E-state index contributed by atoms with van der Waals surface area (Å²) in [4.78, 5) is 13.1. The highest BCUT2D eigenvalue weighted by Gasteiger charge is 2.19. The van der Waals surface area contributed by atoms with Gasteiger partial charge in [0.15, 0.2) is 0 Å². The van der Waals surface area contributed by atoms with Crippen LogP contribution in [0.25, 0.3) is 0 Å². The lowest BCUT2D eigenvalue weighted by molar-refractivity contribution is -0.120. The van der Waals surface area contributed by atoms with Crippen LogP contribution in [0.2, 0.25) is 5.02 Å². The van der Waals surface area contributed by atoms with Crippen molar-refractivity contribution >= 4 is 17.5 Å². The highest BCUT2D eigenvalue weighted by atomic mass is 35.5. The lowest BCUT2D eigenvalue weighted by Crippen LogP contribution is -2.31. The molecule has 1 aromatic heterocycles. The SMILES string of the molecule is CCc1noc(C)c1COc1ccc(CC(=O)NC(c2ccc(Cl)cc2)c2ccc(C)cc2C)cc1. The maximum atomic E-state index is 13.1. The number of carbonyl (C=O) groups is 1. The summed E-state index contributed by atoms with van der Waals surface area (Å²) in [5, 5.41) is 7.96. The van der Waals surface area contributed by atoms with Crippen molar-refractivity contribution in [2.45, 2.75) is 53.2 Å². The number of nitrogens with one attached hydrogen (secondary N) is 1. The Morgan fingerprint density at radius 1 is 1.03 bits per heavy atom. The van der Waals surface area contributed by atoms with Crippen molar-refractivity contribution in [3.05, 3.63) is 117 Å². The number of rotatable bonds is 9. The maximum absolute atomic E-state index is 13.1. The Bertz CT molecular complexity index is 1330. The first kappa shape index (κ1) is 25.5. The van der Waals surface area contributed by atoms with Crippen LogP contribution in [0.5, 0.6) is 5.75 Å². The summed E-state index contributed by atoms with van der Waals surface area (Å²) in [7, 11) is 0. The Kier molecular flexibility index (Phi) is 8.11. The van der Waals surface area contributed by atoms with Gasteiger partial charge in [-0.3, -0.25) is 4.79 Å². The minimum Gasteiger partial charge on any atom is -0.489 e. The van der Waals surface area contributed by atoms with E-state index in [-0.39, 0.29) is 18.4 Å². The molecule has 0 aliphatic heterocycles. The molecule has 6 heteroatoms. The number of aryl methyl sites for hydroxylation is 4. The zero-order chi connectivity index (χ0) is 25.7. The molecule has 0 spiro atoms. The molecular formula is C30H31ClN2O3. The fourth-order valence-electron chi connectivity index (χ4n) is 4.30. The summed E-state index contributed by atoms with van der Waals surface area (Å²) in [6.45, 7) is 8.47. The second-order valence-electron chi connectivity index (χ2n) is 9.04. The first-order chi connectivity index (χ1) is 17.3. The number of hydrogen-bond acceptors (Lipinski definition) is 4. The summed E-state index contributed by atoms with van der Waals surface area (Å²) in [5.74, 6) is 1.45. The van der Waals surface area contributed by atoms with Gasteiger partial charge in [0.25, 0.3) is 0 Å². The fraction of sp³-hybridized carbons (Fsp3) is 0.267. The van der Waals surface area contributed by atoms with E-state index in [9.17, 15) is 4.79 Å². The fourth-order valence-corrected chi connectivity index (χ4v) is 4.43. The molecule has 1 heterocycles. The Morgan fingerprint density at radius 3 is 2.42 bits per heavy atom. The first-order valence-electron chi connectivity index (χ1n) is 12.1. The van der Waals surface area contributed by atoms with Crippen LogP contribution in [0.4, 0.5) is 0 Å². The van der Waals surface area contributed by atoms with Crippen LogP contribution in [-0.2, 0) is 24.2 Å². The summed E-state index contributed by atoms with van der Waals surface area (Å²) >= 11 is 6.11. The Balaban J connectivity index is 1.44. The number of amides is 1. The topological polar surface area (TPSA) is 64.4 Å². The van der Waals surface area contributed by atoms with Gasteiger partial charge in [0.05, 0.1) is 23.7 Å². The Morgan fingerprint density at radius 2 is 1.75 bits per heavy atom. The highest BCUT2D eigenvalue weighted by Crippen LogP contribution is 2.27. The van der Waals surface area contributed by atoms with E-state index >= 15 is 0 Å². The van der Waals surface area contributed by atoms with Crippen LogP contribution in [0.15, 0.2) is 71.3 Å². The molecule has 0 fully saturated rings. The molecule has 1 amide bonds. The summed E-state index contributed by atoms with van der Waals surface area (Å²) in [6.07, 6.45) is 1.06. The van der Waals surface area contributed by atoms with Crippen molar-refractivity contribution in [3.63, 3.8) is 0 Å². The molecule has 1 atom stereocenters. The largest absolute Gasteiger partial charge is 0.489 e. The van der Waals surface area contributed by atoms with E-state index in [0.29, 0.717) is 11.6 Å². The predicted molar refractivity (Wildman–Crippen MR) is 142 cm³/mol. The molecule has 1 N–H and O–H groups in total. The zero-order valence-corrected chi connectivity index (χ0v) is 21.9. The van der Waals surface area contributed by atoms with Gasteiger partial charge >= 0.3 is 0 Å². The van der Waals surface area contributed by atoms with Crippen LogP contribution in [0.3, 0.4) is 0 Å². The van der Waals surface area contributed by atoms with Crippen molar-refractivity contribution in [2.24, 2.45) is 0 Å². The lowest BCUT2D eigenvalue weighted by Gasteiger charge is -2.22. The van der Waals surface area contributed by atoms with E-state index in [1.54, 1.807) is 0 Å². The number of ether oxygens (including phenoxy) is 1. The molecule has 36 heavy (non-hydrogen) atoms. The number of aromatic nitrogens is 1. The minimum atomic E-state index is -0.266. The average molecular weight is 503 g/mol. The highest BCUT2D eigenvalue weighted by molar-refractivity contribution is 6.30. The maximum Gasteiger partial charge on any atom is 0.225 e. The van der Waals surface area contributed by atoms with Crippen LogP contribution in [-0.4, -0.2) is 11.1 Å². The standard InChI is InChI=1S/C30H31ClN2O3/c1-5-28-27(21(4)36-33-28)18-35-25-13-7-22(8-14-25)17-29(34)32-30(23-9-11-24(31)12-10-23)26-15-6-19(2)16-20(26)3/h6-16,30H,5,17-18H2,1-4H3,(H,32,34). The van der Waals surface area contributed by atoms with Crippen molar-refractivity contribution in [2.75, 3.05) is 0 Å². The third-order valence-corrected chi connectivity index (χ3v) is 6.57. The van der Waals surface area contributed by atoms with Gasteiger partial charge in [-0.25, -0.2) is 0 Å². The molecule has 1 unspecified atom stereocenters. The number of halogens is 1. The molecule has 4 rings (SSSR count). The molecule has 0 aliphatic rings. The van der Waals surface area contributed by atoms with Crippen LogP contribution < -0.4 is 10.1 Å². The monoisotopic (exact) mass is 502 g/mol. The molecule has 5 nitrogen and oxygen atoms in total. The Labute approximate surface area is 217 Å². The quantitative estimate of drug-likeness (QED) is 0.272. The number of hydrogen-bond donors (Lipinski definition) is 1. The van der Waals surface area contributed by atoms with Crippen molar-refractivity contribution < 1.29 is 14.1 Å². The van der Waals surface area contributed by atoms with Gasteiger partial charge in [0, 0.05) is 5.02 Å².